The van der Waals surface area contributed by atoms with Gasteiger partial charge in [-0.1, -0.05) is 0 Å². The average molecular weight is 347 g/mol. The zero-order chi connectivity index (χ0) is 17.5. The lowest BCUT2D eigenvalue weighted by Crippen LogP contribution is -2.27. The number of aromatic nitrogens is 4. The van der Waals surface area contributed by atoms with Gasteiger partial charge in [0.15, 0.2) is 0 Å². The monoisotopic (exact) mass is 347 g/mol. The van der Waals surface area contributed by atoms with Crippen LogP contribution in [-0.4, -0.2) is 26.3 Å². The highest BCUT2D eigenvalue weighted by molar-refractivity contribution is 5.94. The van der Waals surface area contributed by atoms with E-state index in [1.807, 2.05) is 24.7 Å². The van der Waals surface area contributed by atoms with E-state index in [0.717, 1.165) is 30.0 Å². The Morgan fingerprint density at radius 2 is 2.04 bits per heavy atom. The number of nitrogens with zero attached hydrogens (tertiary/aromatic N) is 4. The number of hydrogen-bond donors (Lipinski definition) is 1. The molecule has 0 aromatic carbocycles. The van der Waals surface area contributed by atoms with Crippen LogP contribution in [0.3, 0.4) is 0 Å². The van der Waals surface area contributed by atoms with Crippen molar-refractivity contribution >= 4 is 10.8 Å². The van der Waals surface area contributed by atoms with E-state index in [1.165, 1.54) is 48.7 Å². The van der Waals surface area contributed by atoms with E-state index in [-0.39, 0.29) is 0 Å². The number of rotatable bonds is 6. The summed E-state index contributed by atoms with van der Waals surface area (Å²) < 4.78 is 2.23. The van der Waals surface area contributed by atoms with E-state index < -0.39 is 0 Å². The molecule has 2 fully saturated rings. The van der Waals surface area contributed by atoms with E-state index >= 15 is 0 Å². The molecule has 5 nitrogen and oxygen atoms in total. The molecular weight excluding hydrogens is 322 g/mol. The summed E-state index contributed by atoms with van der Waals surface area (Å²) >= 11 is 0. The minimum absolute atomic E-state index is 0.542. The molecule has 2 N–H and O–H groups in total. The Labute approximate surface area is 153 Å². The quantitative estimate of drug-likeness (QED) is 0.730. The summed E-state index contributed by atoms with van der Waals surface area (Å²) in [5.74, 6) is 1.43. The van der Waals surface area contributed by atoms with Gasteiger partial charge >= 0.3 is 0 Å². The number of nitrogens with two attached hydrogens (primary N) is 1. The summed E-state index contributed by atoms with van der Waals surface area (Å²) in [4.78, 5) is 8.97. The molecule has 0 aliphatic heterocycles. The molecule has 3 heterocycles. The van der Waals surface area contributed by atoms with Crippen LogP contribution >= 0.6 is 0 Å². The first-order valence-corrected chi connectivity index (χ1v) is 9.81. The fourth-order valence-electron chi connectivity index (χ4n) is 4.22. The minimum Gasteiger partial charge on any atom is -0.330 e. The molecule has 5 heteroatoms. The number of pyridine rings is 2. The van der Waals surface area contributed by atoms with Crippen molar-refractivity contribution in [3.05, 3.63) is 42.6 Å². The molecule has 5 rings (SSSR count). The molecule has 2 aliphatic carbocycles. The van der Waals surface area contributed by atoms with Crippen LogP contribution in [0.2, 0.25) is 0 Å². The van der Waals surface area contributed by atoms with E-state index in [9.17, 15) is 0 Å². The Balaban J connectivity index is 1.48. The highest BCUT2D eigenvalue weighted by Crippen LogP contribution is 2.46. The van der Waals surface area contributed by atoms with Gasteiger partial charge in [-0.2, -0.15) is 5.10 Å². The van der Waals surface area contributed by atoms with Gasteiger partial charge in [-0.05, 0) is 63.1 Å². The second kappa shape index (κ2) is 6.47. The summed E-state index contributed by atoms with van der Waals surface area (Å²) in [6.07, 6.45) is 15.3. The molecule has 0 radical (unpaired) electrons. The van der Waals surface area contributed by atoms with Gasteiger partial charge in [0.25, 0.3) is 0 Å². The third-order valence-corrected chi connectivity index (χ3v) is 5.95. The van der Waals surface area contributed by atoms with Crippen molar-refractivity contribution in [3.63, 3.8) is 0 Å². The van der Waals surface area contributed by atoms with Crippen LogP contribution in [0.5, 0.6) is 0 Å². The maximum absolute atomic E-state index is 5.65. The fourth-order valence-corrected chi connectivity index (χ4v) is 4.22. The lowest BCUT2D eigenvalue weighted by atomic mass is 9.77. The molecule has 0 unspecified atom stereocenters. The molecule has 0 atom stereocenters. The second-order valence-electron chi connectivity index (χ2n) is 7.86. The first-order chi connectivity index (χ1) is 12.8. The average Bonchev–Trinajstić information content (AvgIpc) is 3.40. The van der Waals surface area contributed by atoms with Gasteiger partial charge in [0.2, 0.25) is 0 Å². The number of fused-ring (bicyclic) bond motifs is 1. The topological polar surface area (TPSA) is 69.6 Å². The summed E-state index contributed by atoms with van der Waals surface area (Å²) in [6.45, 7) is 0.806. The smallest absolute Gasteiger partial charge is 0.0815 e. The number of hydrogen-bond acceptors (Lipinski definition) is 4. The molecule has 2 aliphatic rings. The van der Waals surface area contributed by atoms with Gasteiger partial charge in [-0.3, -0.25) is 14.6 Å². The second-order valence-corrected chi connectivity index (χ2v) is 7.86. The summed E-state index contributed by atoms with van der Waals surface area (Å²) in [7, 11) is 0. The van der Waals surface area contributed by atoms with Crippen LogP contribution in [0.1, 0.15) is 56.2 Å². The first kappa shape index (κ1) is 15.9. The Morgan fingerprint density at radius 1 is 1.15 bits per heavy atom. The highest BCUT2D eigenvalue weighted by atomic mass is 15.3. The lowest BCUT2D eigenvalue weighted by Gasteiger charge is -2.35. The van der Waals surface area contributed by atoms with Crippen LogP contribution in [0.15, 0.2) is 36.9 Å². The Hall–Kier alpha value is -2.27. The van der Waals surface area contributed by atoms with Crippen LogP contribution < -0.4 is 5.73 Å². The van der Waals surface area contributed by atoms with Crippen molar-refractivity contribution in [1.82, 2.24) is 19.7 Å². The molecule has 0 spiro atoms. The van der Waals surface area contributed by atoms with Crippen LogP contribution in [-0.2, 0) is 0 Å². The van der Waals surface area contributed by atoms with Gasteiger partial charge in [-0.25, -0.2) is 0 Å². The summed E-state index contributed by atoms with van der Waals surface area (Å²) in [5, 5.41) is 7.33. The molecular formula is C21H25N5. The van der Waals surface area contributed by atoms with Crippen molar-refractivity contribution in [2.45, 2.75) is 50.5 Å². The van der Waals surface area contributed by atoms with E-state index in [2.05, 4.69) is 21.9 Å². The van der Waals surface area contributed by atoms with Crippen molar-refractivity contribution in [2.75, 3.05) is 6.54 Å². The molecule has 26 heavy (non-hydrogen) atoms. The molecule has 3 aromatic heterocycles. The van der Waals surface area contributed by atoms with Gasteiger partial charge in [0.05, 0.1) is 17.4 Å². The molecule has 0 bridgehead atoms. The van der Waals surface area contributed by atoms with Gasteiger partial charge in [0.1, 0.15) is 0 Å². The standard InChI is InChI=1S/C21H25N5/c22-7-1-2-14-10-17(11-14)26-13-19(20(25-26)15-3-4-15)21-18-6-8-23-12-16(18)5-9-24-21/h5-6,8-9,12-15,17H,1-4,7,10-11,22H2. The van der Waals surface area contributed by atoms with Crippen LogP contribution in [0.25, 0.3) is 22.0 Å². The maximum atomic E-state index is 5.65. The normalized spacial score (nSPS) is 22.5. The van der Waals surface area contributed by atoms with Gasteiger partial charge in [0, 0.05) is 47.0 Å². The lowest BCUT2D eigenvalue weighted by molar-refractivity contribution is 0.171. The highest BCUT2D eigenvalue weighted by Gasteiger charge is 2.35. The Morgan fingerprint density at radius 3 is 2.85 bits per heavy atom. The van der Waals surface area contributed by atoms with Gasteiger partial charge < -0.3 is 5.73 Å². The van der Waals surface area contributed by atoms with E-state index in [0.29, 0.717) is 12.0 Å². The van der Waals surface area contributed by atoms with Crippen molar-refractivity contribution < 1.29 is 0 Å². The zero-order valence-corrected chi connectivity index (χ0v) is 15.0. The van der Waals surface area contributed by atoms with Crippen molar-refractivity contribution in [2.24, 2.45) is 11.7 Å². The fraction of sp³-hybridized carbons (Fsp3) is 0.476. The molecule has 2 saturated carbocycles. The molecule has 3 aromatic rings. The predicted octanol–water partition coefficient (Wildman–Crippen LogP) is 4.06. The van der Waals surface area contributed by atoms with Crippen molar-refractivity contribution in [1.29, 1.82) is 0 Å². The predicted molar refractivity (Wildman–Crippen MR) is 103 cm³/mol. The molecule has 0 saturated heterocycles. The SMILES string of the molecule is NCCCC1CC(n2cc(-c3nccc4cnccc34)c(C3CC3)n2)C1. The largest absolute Gasteiger partial charge is 0.330 e. The molecule has 134 valence electrons. The Bertz CT molecular complexity index is 916. The minimum atomic E-state index is 0.542. The van der Waals surface area contributed by atoms with E-state index in [1.54, 1.807) is 0 Å². The molecule has 0 amide bonds. The Kier molecular flexibility index (Phi) is 3.97. The maximum Gasteiger partial charge on any atom is 0.0815 e. The summed E-state index contributed by atoms with van der Waals surface area (Å²) in [5.41, 5.74) is 9.16. The van der Waals surface area contributed by atoms with Crippen molar-refractivity contribution in [3.8, 4) is 11.3 Å². The summed E-state index contributed by atoms with van der Waals surface area (Å²) in [6, 6.07) is 4.64. The third-order valence-electron chi connectivity index (χ3n) is 5.95. The van der Waals surface area contributed by atoms with E-state index in [4.69, 9.17) is 15.8 Å². The van der Waals surface area contributed by atoms with Gasteiger partial charge in [-0.15, -0.1) is 0 Å². The zero-order valence-electron chi connectivity index (χ0n) is 15.0. The first-order valence-electron chi connectivity index (χ1n) is 9.81. The van der Waals surface area contributed by atoms with Crippen LogP contribution in [0.4, 0.5) is 0 Å². The van der Waals surface area contributed by atoms with Crippen LogP contribution in [0, 0.1) is 5.92 Å². The third kappa shape index (κ3) is 2.80.